The zero-order valence-corrected chi connectivity index (χ0v) is 12.9. The fourth-order valence-electron chi connectivity index (χ4n) is 1.65. The van der Waals surface area contributed by atoms with Gasteiger partial charge in [0.05, 0.1) is 17.5 Å². The molecule has 132 valence electrons. The van der Waals surface area contributed by atoms with E-state index in [9.17, 15) is 22.8 Å². The number of aryl methyl sites for hydroxylation is 1. The molecular weight excluding hydrogens is 341 g/mol. The van der Waals surface area contributed by atoms with Gasteiger partial charge in [-0.3, -0.25) is 25.4 Å². The Morgan fingerprint density at radius 1 is 1.16 bits per heavy atom. The molecule has 0 radical (unpaired) electrons. The number of alkyl halides is 3. The van der Waals surface area contributed by atoms with Crippen molar-refractivity contribution in [1.29, 1.82) is 0 Å². The van der Waals surface area contributed by atoms with Crippen LogP contribution < -0.4 is 15.6 Å². The number of carbonyl (C=O) groups is 2. The largest absolute Gasteiger partial charge is 0.484 e. The second kappa shape index (κ2) is 7.60. The van der Waals surface area contributed by atoms with Crippen molar-refractivity contribution in [3.63, 3.8) is 0 Å². The first-order chi connectivity index (χ1) is 11.8. The number of ether oxygens (including phenoxy) is 1. The molecule has 0 saturated heterocycles. The number of nitrogens with one attached hydrogen (secondary N) is 2. The van der Waals surface area contributed by atoms with Crippen molar-refractivity contribution in [2.24, 2.45) is 0 Å². The summed E-state index contributed by atoms with van der Waals surface area (Å²) in [5.41, 5.74) is 3.87. The van der Waals surface area contributed by atoms with Crippen molar-refractivity contribution in [3.8, 4) is 5.75 Å². The van der Waals surface area contributed by atoms with Crippen molar-refractivity contribution in [2.45, 2.75) is 13.1 Å². The van der Waals surface area contributed by atoms with Crippen molar-refractivity contribution < 1.29 is 27.5 Å². The van der Waals surface area contributed by atoms with Crippen LogP contribution in [0.15, 0.2) is 36.7 Å². The summed E-state index contributed by atoms with van der Waals surface area (Å²) >= 11 is 0. The van der Waals surface area contributed by atoms with Crippen LogP contribution in [0.3, 0.4) is 0 Å². The monoisotopic (exact) mass is 354 g/mol. The molecule has 0 bridgehead atoms. The summed E-state index contributed by atoms with van der Waals surface area (Å²) in [6, 6.07) is 4.10. The van der Waals surface area contributed by atoms with Gasteiger partial charge in [-0.15, -0.1) is 0 Å². The Labute approximate surface area is 140 Å². The number of hydrogen-bond donors (Lipinski definition) is 2. The van der Waals surface area contributed by atoms with Gasteiger partial charge in [0.2, 0.25) is 0 Å². The molecule has 2 rings (SSSR count). The lowest BCUT2D eigenvalue weighted by Gasteiger charge is -2.10. The number of rotatable bonds is 4. The minimum Gasteiger partial charge on any atom is -0.484 e. The van der Waals surface area contributed by atoms with E-state index in [1.165, 1.54) is 18.5 Å². The van der Waals surface area contributed by atoms with Gasteiger partial charge in [0, 0.05) is 6.20 Å². The summed E-state index contributed by atoms with van der Waals surface area (Å²) in [6.07, 6.45) is -1.89. The van der Waals surface area contributed by atoms with Crippen molar-refractivity contribution >= 4 is 11.8 Å². The van der Waals surface area contributed by atoms with E-state index in [1.54, 1.807) is 6.92 Å². The minimum atomic E-state index is -4.51. The number of benzene rings is 1. The van der Waals surface area contributed by atoms with Gasteiger partial charge in [-0.1, -0.05) is 6.07 Å². The predicted molar refractivity (Wildman–Crippen MR) is 79.3 cm³/mol. The Hall–Kier alpha value is -3.17. The number of aromatic nitrogens is 2. The van der Waals surface area contributed by atoms with E-state index in [-0.39, 0.29) is 11.4 Å². The summed E-state index contributed by atoms with van der Waals surface area (Å²) in [4.78, 5) is 31.0. The second-order valence-electron chi connectivity index (χ2n) is 4.86. The molecule has 2 aromatic rings. The molecule has 7 nitrogen and oxygen atoms in total. The van der Waals surface area contributed by atoms with E-state index < -0.39 is 30.2 Å². The highest BCUT2D eigenvalue weighted by Crippen LogP contribution is 2.31. The molecular formula is C15H13F3N4O3. The van der Waals surface area contributed by atoms with E-state index in [0.717, 1.165) is 18.2 Å². The third-order valence-corrected chi connectivity index (χ3v) is 2.86. The Morgan fingerprint density at radius 3 is 2.56 bits per heavy atom. The van der Waals surface area contributed by atoms with Crippen molar-refractivity contribution in [3.05, 3.63) is 53.6 Å². The van der Waals surface area contributed by atoms with Gasteiger partial charge in [-0.2, -0.15) is 13.2 Å². The average Bonchev–Trinajstić information content (AvgIpc) is 2.58. The summed E-state index contributed by atoms with van der Waals surface area (Å²) in [7, 11) is 0. The number of carbonyl (C=O) groups excluding carboxylic acids is 2. The molecule has 2 amide bonds. The fraction of sp³-hybridized carbons (Fsp3) is 0.200. The topological polar surface area (TPSA) is 93.2 Å². The quantitative estimate of drug-likeness (QED) is 0.815. The van der Waals surface area contributed by atoms with E-state index in [4.69, 9.17) is 4.74 Å². The van der Waals surface area contributed by atoms with Crippen LogP contribution in [-0.4, -0.2) is 28.4 Å². The Bertz CT molecular complexity index is 763. The highest BCUT2D eigenvalue weighted by molar-refractivity contribution is 5.93. The predicted octanol–water partition coefficient (Wildman–Crippen LogP) is 1.64. The van der Waals surface area contributed by atoms with Crippen molar-refractivity contribution in [1.82, 2.24) is 20.8 Å². The molecule has 1 heterocycles. The summed E-state index contributed by atoms with van der Waals surface area (Å²) in [5, 5.41) is 0. The molecule has 1 aromatic heterocycles. The van der Waals surface area contributed by atoms with Gasteiger partial charge in [0.1, 0.15) is 11.4 Å². The smallest absolute Gasteiger partial charge is 0.416 e. The standard InChI is InChI=1S/C15H13F3N4O3/c1-9-6-20-12(7-19-9)14(24)22-21-13(23)8-25-11-4-2-3-10(5-11)15(16,17)18/h2-7H,8H2,1H3,(H,21,23)(H,22,24). The van der Waals surface area contributed by atoms with Crippen LogP contribution >= 0.6 is 0 Å². The number of amides is 2. The third kappa shape index (κ3) is 5.44. The molecule has 0 atom stereocenters. The fourth-order valence-corrected chi connectivity index (χ4v) is 1.65. The van der Waals surface area contributed by atoms with Crippen LogP contribution in [0.2, 0.25) is 0 Å². The first kappa shape index (κ1) is 18.2. The molecule has 25 heavy (non-hydrogen) atoms. The number of hydrazine groups is 1. The normalized spacial score (nSPS) is 10.9. The first-order valence-corrected chi connectivity index (χ1v) is 6.93. The van der Waals surface area contributed by atoms with Gasteiger partial charge in [0.15, 0.2) is 6.61 Å². The summed E-state index contributed by atoms with van der Waals surface area (Å²) < 4.78 is 42.7. The third-order valence-electron chi connectivity index (χ3n) is 2.86. The van der Waals surface area contributed by atoms with E-state index in [0.29, 0.717) is 5.69 Å². The molecule has 0 aliphatic rings. The van der Waals surface area contributed by atoms with Gasteiger partial charge in [-0.25, -0.2) is 4.98 Å². The first-order valence-electron chi connectivity index (χ1n) is 6.93. The Kier molecular flexibility index (Phi) is 5.52. The van der Waals surface area contributed by atoms with E-state index >= 15 is 0 Å². The molecule has 0 aliphatic heterocycles. The molecule has 0 unspecified atom stereocenters. The van der Waals surface area contributed by atoms with Crippen LogP contribution in [0, 0.1) is 6.92 Å². The van der Waals surface area contributed by atoms with Crippen LogP contribution in [0.5, 0.6) is 5.75 Å². The summed E-state index contributed by atoms with van der Waals surface area (Å²) in [5.74, 6) is -1.58. The van der Waals surface area contributed by atoms with E-state index in [2.05, 4.69) is 20.8 Å². The zero-order chi connectivity index (χ0) is 18.4. The lowest BCUT2D eigenvalue weighted by Crippen LogP contribution is -2.44. The maximum Gasteiger partial charge on any atom is 0.416 e. The number of nitrogens with zero attached hydrogens (tertiary/aromatic N) is 2. The Balaban J connectivity index is 1.83. The molecule has 0 fully saturated rings. The molecule has 0 saturated carbocycles. The van der Waals surface area contributed by atoms with E-state index in [1.807, 2.05) is 0 Å². The average molecular weight is 354 g/mol. The van der Waals surface area contributed by atoms with Crippen LogP contribution in [0.1, 0.15) is 21.7 Å². The maximum absolute atomic E-state index is 12.6. The lowest BCUT2D eigenvalue weighted by atomic mass is 10.2. The van der Waals surface area contributed by atoms with Crippen LogP contribution in [-0.2, 0) is 11.0 Å². The van der Waals surface area contributed by atoms with Gasteiger partial charge < -0.3 is 4.74 Å². The highest BCUT2D eigenvalue weighted by Gasteiger charge is 2.30. The maximum atomic E-state index is 12.6. The van der Waals surface area contributed by atoms with Gasteiger partial charge in [0.25, 0.3) is 11.8 Å². The Morgan fingerprint density at radius 2 is 1.92 bits per heavy atom. The van der Waals surface area contributed by atoms with Crippen molar-refractivity contribution in [2.75, 3.05) is 6.61 Å². The molecule has 0 spiro atoms. The SMILES string of the molecule is Cc1cnc(C(=O)NNC(=O)COc2cccc(C(F)(F)F)c2)cn1. The van der Waals surface area contributed by atoms with Gasteiger partial charge >= 0.3 is 6.18 Å². The van der Waals surface area contributed by atoms with Crippen LogP contribution in [0.4, 0.5) is 13.2 Å². The van der Waals surface area contributed by atoms with Crippen LogP contribution in [0.25, 0.3) is 0 Å². The number of hydrogen-bond acceptors (Lipinski definition) is 5. The number of halogens is 3. The second-order valence-corrected chi connectivity index (χ2v) is 4.86. The summed E-state index contributed by atoms with van der Waals surface area (Å²) in [6.45, 7) is 1.11. The molecule has 10 heteroatoms. The molecule has 0 aliphatic carbocycles. The zero-order valence-electron chi connectivity index (χ0n) is 12.9. The van der Waals surface area contributed by atoms with Gasteiger partial charge in [-0.05, 0) is 25.1 Å². The minimum absolute atomic E-state index is 0.00954. The lowest BCUT2D eigenvalue weighted by molar-refractivity contribution is -0.137. The molecule has 1 aromatic carbocycles. The highest BCUT2D eigenvalue weighted by atomic mass is 19.4. The molecule has 2 N–H and O–H groups in total.